The van der Waals surface area contributed by atoms with E-state index in [1.807, 2.05) is 0 Å². The molecule has 1 aromatic carbocycles. The fourth-order valence-corrected chi connectivity index (χ4v) is 1.49. The van der Waals surface area contributed by atoms with Gasteiger partial charge in [0, 0.05) is 0 Å². The highest BCUT2D eigenvalue weighted by Gasteiger charge is 2.20. The third-order valence-corrected chi connectivity index (χ3v) is 2.02. The molecule has 7 heteroatoms. The summed E-state index contributed by atoms with van der Waals surface area (Å²) in [6.07, 6.45) is 0. The first-order valence-corrected chi connectivity index (χ1v) is 4.06. The van der Waals surface area contributed by atoms with Crippen molar-refractivity contribution in [2.75, 3.05) is 0 Å². The lowest BCUT2D eigenvalue weighted by Gasteiger charge is -1.99. The van der Waals surface area contributed by atoms with E-state index < -0.39 is 16.6 Å². The fourth-order valence-electron chi connectivity index (χ4n) is 0.863. The van der Waals surface area contributed by atoms with Crippen LogP contribution in [0.4, 0.5) is 5.69 Å². The van der Waals surface area contributed by atoms with E-state index in [4.69, 9.17) is 28.3 Å². The summed E-state index contributed by atoms with van der Waals surface area (Å²) in [7, 11) is 0. The number of nitro groups is 1. The second kappa shape index (κ2) is 3.81. The van der Waals surface area contributed by atoms with E-state index in [0.29, 0.717) is 0 Å². The normalized spacial score (nSPS) is 9.86. The molecule has 0 unspecified atom stereocenters. The Bertz CT molecular complexity index is 395. The molecule has 0 aliphatic rings. The summed E-state index contributed by atoms with van der Waals surface area (Å²) in [5.41, 5.74) is -0.677. The van der Waals surface area contributed by atoms with Crippen molar-refractivity contribution >= 4 is 34.9 Å². The number of hydrogen-bond acceptors (Lipinski definition) is 3. The van der Waals surface area contributed by atoms with E-state index in [1.54, 1.807) is 0 Å². The number of carbonyl (C=O) groups is 1. The Kier molecular flexibility index (Phi) is 2.93. The van der Waals surface area contributed by atoms with Crippen LogP contribution >= 0.6 is 23.2 Å². The minimum absolute atomic E-state index is 0.189. The monoisotopic (exact) mass is 235 g/mol. The first kappa shape index (κ1) is 10.7. The Morgan fingerprint density at radius 2 is 1.79 bits per heavy atom. The third-order valence-electron chi connectivity index (χ3n) is 1.45. The van der Waals surface area contributed by atoms with E-state index >= 15 is 0 Å². The molecule has 74 valence electrons. The number of nitro benzene ring substituents is 1. The summed E-state index contributed by atoms with van der Waals surface area (Å²) in [5.74, 6) is -1.25. The van der Waals surface area contributed by atoms with E-state index in [2.05, 4.69) is 0 Å². The van der Waals surface area contributed by atoms with Gasteiger partial charge in [0.2, 0.25) is 0 Å². The standard InChI is InChI=1S/C7H3Cl2NO4/c8-4-1-3(7(11)12)2-5(9)6(4)10(13)14/h1-2H,(H,11,12). The second-order valence-electron chi connectivity index (χ2n) is 2.35. The van der Waals surface area contributed by atoms with E-state index in [9.17, 15) is 14.9 Å². The number of nitrogens with zero attached hydrogens (tertiary/aromatic N) is 1. The van der Waals surface area contributed by atoms with Crippen molar-refractivity contribution < 1.29 is 14.8 Å². The van der Waals surface area contributed by atoms with Gasteiger partial charge in [-0.15, -0.1) is 0 Å². The smallest absolute Gasteiger partial charge is 0.335 e. The molecule has 5 nitrogen and oxygen atoms in total. The third kappa shape index (κ3) is 1.94. The van der Waals surface area contributed by atoms with Crippen LogP contribution in [-0.2, 0) is 0 Å². The van der Waals surface area contributed by atoms with Gasteiger partial charge in [0.15, 0.2) is 0 Å². The van der Waals surface area contributed by atoms with E-state index in [0.717, 1.165) is 12.1 Å². The molecule has 0 amide bonds. The number of halogens is 2. The van der Waals surface area contributed by atoms with Gasteiger partial charge in [-0.3, -0.25) is 10.1 Å². The molecule has 1 aromatic rings. The zero-order valence-corrected chi connectivity index (χ0v) is 8.04. The van der Waals surface area contributed by atoms with Gasteiger partial charge >= 0.3 is 11.7 Å². The van der Waals surface area contributed by atoms with Gasteiger partial charge in [-0.05, 0) is 12.1 Å². The van der Waals surface area contributed by atoms with Crippen molar-refractivity contribution in [2.24, 2.45) is 0 Å². The molecule has 0 bridgehead atoms. The van der Waals surface area contributed by atoms with Gasteiger partial charge < -0.3 is 5.11 Å². The largest absolute Gasteiger partial charge is 0.478 e. The minimum atomic E-state index is -1.25. The molecule has 0 aliphatic heterocycles. The summed E-state index contributed by atoms with van der Waals surface area (Å²) in [6, 6.07) is 1.96. The van der Waals surface area contributed by atoms with Gasteiger partial charge in [-0.1, -0.05) is 23.2 Å². The lowest BCUT2D eigenvalue weighted by Crippen LogP contribution is -1.98. The summed E-state index contributed by atoms with van der Waals surface area (Å²) in [6.45, 7) is 0. The van der Waals surface area contributed by atoms with E-state index in [-0.39, 0.29) is 15.6 Å². The SMILES string of the molecule is O=C(O)c1cc(Cl)c([N+](=O)[O-])c(Cl)c1. The van der Waals surface area contributed by atoms with Crippen molar-refractivity contribution in [2.45, 2.75) is 0 Å². The maximum absolute atomic E-state index is 10.5. The second-order valence-corrected chi connectivity index (χ2v) is 3.17. The maximum Gasteiger partial charge on any atom is 0.335 e. The molecule has 0 saturated heterocycles. The van der Waals surface area contributed by atoms with E-state index in [1.165, 1.54) is 0 Å². The highest BCUT2D eigenvalue weighted by atomic mass is 35.5. The van der Waals surface area contributed by atoms with Crippen LogP contribution in [0.2, 0.25) is 10.0 Å². The lowest BCUT2D eigenvalue weighted by molar-refractivity contribution is -0.384. The molecule has 1 rings (SSSR count). The maximum atomic E-state index is 10.5. The molecule has 0 radical (unpaired) electrons. The average molecular weight is 236 g/mol. The van der Waals surface area contributed by atoms with Gasteiger partial charge in [-0.25, -0.2) is 4.79 Å². The molecule has 1 N–H and O–H groups in total. The number of rotatable bonds is 2. The number of carboxylic acid groups (broad SMARTS) is 1. The van der Waals surface area contributed by atoms with Crippen molar-refractivity contribution in [1.82, 2.24) is 0 Å². The summed E-state index contributed by atoms with van der Waals surface area (Å²) < 4.78 is 0. The Labute approximate surface area is 88.0 Å². The minimum Gasteiger partial charge on any atom is -0.478 e. The van der Waals surface area contributed by atoms with Crippen LogP contribution in [0.1, 0.15) is 10.4 Å². The first-order valence-electron chi connectivity index (χ1n) is 3.30. The summed E-state index contributed by atoms with van der Waals surface area (Å²) in [4.78, 5) is 20.1. The van der Waals surface area contributed by atoms with Crippen molar-refractivity contribution in [3.05, 3.63) is 37.9 Å². The number of aromatic carboxylic acids is 1. The molecule has 0 aromatic heterocycles. The molecular weight excluding hydrogens is 233 g/mol. The molecule has 0 saturated carbocycles. The quantitative estimate of drug-likeness (QED) is 0.631. The molecule has 0 spiro atoms. The molecule has 0 heterocycles. The predicted molar refractivity (Wildman–Crippen MR) is 50.1 cm³/mol. The number of hydrogen-bond donors (Lipinski definition) is 1. The first-order chi connectivity index (χ1) is 6.43. The molecule has 14 heavy (non-hydrogen) atoms. The molecule has 0 fully saturated rings. The van der Waals surface area contributed by atoms with Crippen LogP contribution < -0.4 is 0 Å². The van der Waals surface area contributed by atoms with Crippen LogP contribution in [0.5, 0.6) is 0 Å². The predicted octanol–water partition coefficient (Wildman–Crippen LogP) is 2.60. The summed E-state index contributed by atoms with van der Waals surface area (Å²) in [5, 5.41) is 18.4. The Balaban J connectivity index is 3.39. The zero-order chi connectivity index (χ0) is 10.9. The highest BCUT2D eigenvalue weighted by Crippen LogP contribution is 2.33. The Morgan fingerprint density at radius 1 is 1.36 bits per heavy atom. The van der Waals surface area contributed by atoms with Gasteiger partial charge in [0.05, 0.1) is 10.5 Å². The lowest BCUT2D eigenvalue weighted by atomic mass is 10.2. The Morgan fingerprint density at radius 3 is 2.07 bits per heavy atom. The van der Waals surface area contributed by atoms with Crippen molar-refractivity contribution in [3.8, 4) is 0 Å². The molecular formula is C7H3Cl2NO4. The molecule has 0 atom stereocenters. The van der Waals surface area contributed by atoms with Crippen molar-refractivity contribution in [1.29, 1.82) is 0 Å². The van der Waals surface area contributed by atoms with Gasteiger partial charge in [0.1, 0.15) is 10.0 Å². The van der Waals surface area contributed by atoms with Crippen LogP contribution in [0, 0.1) is 10.1 Å². The number of benzene rings is 1. The van der Waals surface area contributed by atoms with Crippen LogP contribution in [-0.4, -0.2) is 16.0 Å². The average Bonchev–Trinajstić information content (AvgIpc) is 2.01. The molecule has 0 aliphatic carbocycles. The van der Waals surface area contributed by atoms with Gasteiger partial charge in [-0.2, -0.15) is 0 Å². The van der Waals surface area contributed by atoms with Crippen LogP contribution in [0.15, 0.2) is 12.1 Å². The topological polar surface area (TPSA) is 80.4 Å². The fraction of sp³-hybridized carbons (Fsp3) is 0. The van der Waals surface area contributed by atoms with Crippen LogP contribution in [0.3, 0.4) is 0 Å². The van der Waals surface area contributed by atoms with Gasteiger partial charge in [0.25, 0.3) is 0 Å². The number of carboxylic acids is 1. The highest BCUT2D eigenvalue weighted by molar-refractivity contribution is 6.38. The van der Waals surface area contributed by atoms with Crippen LogP contribution in [0.25, 0.3) is 0 Å². The zero-order valence-electron chi connectivity index (χ0n) is 6.53. The summed E-state index contributed by atoms with van der Waals surface area (Å²) >= 11 is 11.0. The Hall–Kier alpha value is -1.33. The van der Waals surface area contributed by atoms with Crippen molar-refractivity contribution in [3.63, 3.8) is 0 Å².